The molecule has 0 aliphatic carbocycles. The Morgan fingerprint density at radius 2 is 2.53 bits per heavy atom. The van der Waals surface area contributed by atoms with E-state index in [2.05, 4.69) is 22.1 Å². The molecule has 1 fully saturated rings. The zero-order valence-corrected chi connectivity index (χ0v) is 9.03. The van der Waals surface area contributed by atoms with Crippen LogP contribution >= 0.6 is 0 Å². The Kier molecular flexibility index (Phi) is 3.33. The van der Waals surface area contributed by atoms with Crippen molar-refractivity contribution < 1.29 is 9.53 Å². The van der Waals surface area contributed by atoms with Gasteiger partial charge in [-0.1, -0.05) is 6.92 Å². The smallest absolute Gasteiger partial charge is 0.247 e. The molecule has 0 aromatic heterocycles. The number of rotatable bonds is 3. The van der Waals surface area contributed by atoms with Crippen LogP contribution in [0.25, 0.3) is 0 Å². The minimum Gasteiger partial charge on any atom is -0.368 e. The van der Waals surface area contributed by atoms with Gasteiger partial charge in [-0.25, -0.2) is 0 Å². The second-order valence-electron chi connectivity index (χ2n) is 3.91. The van der Waals surface area contributed by atoms with Gasteiger partial charge in [0.15, 0.2) is 0 Å². The Morgan fingerprint density at radius 1 is 1.67 bits per heavy atom. The summed E-state index contributed by atoms with van der Waals surface area (Å²) in [5.74, 6) is 0.682. The molecule has 5 heteroatoms. The standard InChI is InChI=1S/C10H17N3O2/c1-2-3-13-4-5-15-8(7-13)10-11-6-9(14)12-10/h8H,2-7H2,1H3,(H,11,12,14). The molecule has 2 heterocycles. The number of hydrogen-bond acceptors (Lipinski definition) is 4. The van der Waals surface area contributed by atoms with Gasteiger partial charge in [0.05, 0.1) is 6.61 Å². The first-order valence-corrected chi connectivity index (χ1v) is 5.47. The maximum atomic E-state index is 11.0. The Morgan fingerprint density at radius 3 is 3.20 bits per heavy atom. The van der Waals surface area contributed by atoms with E-state index in [-0.39, 0.29) is 18.6 Å². The van der Waals surface area contributed by atoms with Gasteiger partial charge in [-0.3, -0.25) is 14.7 Å². The zero-order chi connectivity index (χ0) is 10.7. The van der Waals surface area contributed by atoms with E-state index in [0.717, 1.165) is 32.7 Å². The van der Waals surface area contributed by atoms with Crippen molar-refractivity contribution in [2.24, 2.45) is 4.99 Å². The predicted molar refractivity (Wildman–Crippen MR) is 56.9 cm³/mol. The molecule has 2 aliphatic rings. The van der Waals surface area contributed by atoms with Crippen LogP contribution < -0.4 is 5.32 Å². The van der Waals surface area contributed by atoms with E-state index in [9.17, 15) is 4.79 Å². The lowest BCUT2D eigenvalue weighted by Crippen LogP contribution is -2.49. The molecular formula is C10H17N3O2. The van der Waals surface area contributed by atoms with Crippen LogP contribution in [-0.2, 0) is 9.53 Å². The van der Waals surface area contributed by atoms with Crippen LogP contribution in [0.5, 0.6) is 0 Å². The quantitative estimate of drug-likeness (QED) is 0.692. The van der Waals surface area contributed by atoms with Crippen molar-refractivity contribution in [1.29, 1.82) is 0 Å². The molecule has 15 heavy (non-hydrogen) atoms. The summed E-state index contributed by atoms with van der Waals surface area (Å²) in [6.45, 7) is 6.04. The van der Waals surface area contributed by atoms with Crippen LogP contribution in [0, 0.1) is 0 Å². The highest BCUT2D eigenvalue weighted by atomic mass is 16.5. The summed E-state index contributed by atoms with van der Waals surface area (Å²) in [5.41, 5.74) is 0. The number of nitrogens with one attached hydrogen (secondary N) is 1. The van der Waals surface area contributed by atoms with Gasteiger partial charge in [0, 0.05) is 13.1 Å². The molecule has 5 nitrogen and oxygen atoms in total. The second-order valence-corrected chi connectivity index (χ2v) is 3.91. The number of aliphatic imine (C=N–C) groups is 1. The minimum absolute atomic E-state index is 0.0267. The number of carbonyl (C=O) groups excluding carboxylic acids is 1. The van der Waals surface area contributed by atoms with Crippen LogP contribution in [0.1, 0.15) is 13.3 Å². The maximum Gasteiger partial charge on any atom is 0.247 e. The van der Waals surface area contributed by atoms with Gasteiger partial charge in [-0.15, -0.1) is 0 Å². The monoisotopic (exact) mass is 211 g/mol. The van der Waals surface area contributed by atoms with Gasteiger partial charge in [-0.2, -0.15) is 0 Å². The Bertz CT molecular complexity index is 276. The van der Waals surface area contributed by atoms with Crippen LogP contribution in [0.2, 0.25) is 0 Å². The van der Waals surface area contributed by atoms with Crippen molar-refractivity contribution in [2.75, 3.05) is 32.8 Å². The molecule has 0 aromatic rings. The highest BCUT2D eigenvalue weighted by molar-refractivity contribution is 6.06. The van der Waals surface area contributed by atoms with E-state index < -0.39 is 0 Å². The first-order chi connectivity index (χ1) is 7.29. The molecule has 0 saturated carbocycles. The topological polar surface area (TPSA) is 53.9 Å². The predicted octanol–water partition coefficient (Wildman–Crippen LogP) is -0.374. The van der Waals surface area contributed by atoms with Gasteiger partial charge in [-0.05, 0) is 13.0 Å². The third-order valence-electron chi connectivity index (χ3n) is 2.66. The van der Waals surface area contributed by atoms with E-state index >= 15 is 0 Å². The molecule has 1 saturated heterocycles. The van der Waals surface area contributed by atoms with Crippen molar-refractivity contribution in [3.63, 3.8) is 0 Å². The summed E-state index contributed by atoms with van der Waals surface area (Å²) < 4.78 is 5.60. The van der Waals surface area contributed by atoms with Crippen LogP contribution in [0.4, 0.5) is 0 Å². The summed E-state index contributed by atoms with van der Waals surface area (Å²) in [4.78, 5) is 17.5. The van der Waals surface area contributed by atoms with E-state index in [1.54, 1.807) is 0 Å². The number of hydrogen-bond donors (Lipinski definition) is 1. The van der Waals surface area contributed by atoms with Gasteiger partial charge in [0.2, 0.25) is 5.91 Å². The van der Waals surface area contributed by atoms with Crippen LogP contribution in [-0.4, -0.2) is 55.5 Å². The molecule has 1 unspecified atom stereocenters. The lowest BCUT2D eigenvalue weighted by molar-refractivity contribution is -0.117. The molecule has 1 amide bonds. The van der Waals surface area contributed by atoms with E-state index in [1.165, 1.54) is 0 Å². The molecule has 0 bridgehead atoms. The van der Waals surface area contributed by atoms with Gasteiger partial charge in [0.1, 0.15) is 18.5 Å². The number of carbonyl (C=O) groups is 1. The van der Waals surface area contributed by atoms with Gasteiger partial charge >= 0.3 is 0 Å². The van der Waals surface area contributed by atoms with E-state index in [0.29, 0.717) is 5.84 Å². The SMILES string of the molecule is CCCN1CCOC(C2=NCC(=O)N2)C1. The van der Waals surface area contributed by atoms with E-state index in [4.69, 9.17) is 4.74 Å². The van der Waals surface area contributed by atoms with Crippen molar-refractivity contribution in [3.05, 3.63) is 0 Å². The first kappa shape index (κ1) is 10.6. The summed E-state index contributed by atoms with van der Waals surface area (Å²) >= 11 is 0. The number of nitrogens with zero attached hydrogens (tertiary/aromatic N) is 2. The molecule has 1 atom stereocenters. The maximum absolute atomic E-state index is 11.0. The normalized spacial score (nSPS) is 27.7. The highest BCUT2D eigenvalue weighted by Crippen LogP contribution is 2.08. The Labute approximate surface area is 89.5 Å². The number of morpholine rings is 1. The summed E-state index contributed by atoms with van der Waals surface area (Å²) in [7, 11) is 0. The third kappa shape index (κ3) is 2.54. The molecule has 0 aromatic carbocycles. The minimum atomic E-state index is -0.0447. The summed E-state index contributed by atoms with van der Waals surface area (Å²) in [6.07, 6.45) is 1.10. The van der Waals surface area contributed by atoms with Gasteiger partial charge < -0.3 is 10.1 Å². The molecule has 2 aliphatic heterocycles. The van der Waals surface area contributed by atoms with Crippen LogP contribution in [0.3, 0.4) is 0 Å². The number of amidine groups is 1. The number of ether oxygens (including phenoxy) is 1. The molecular weight excluding hydrogens is 194 g/mol. The zero-order valence-electron chi connectivity index (χ0n) is 9.03. The second kappa shape index (κ2) is 4.72. The molecule has 84 valence electrons. The van der Waals surface area contributed by atoms with Crippen molar-refractivity contribution in [1.82, 2.24) is 10.2 Å². The molecule has 0 radical (unpaired) electrons. The fraction of sp³-hybridized carbons (Fsp3) is 0.800. The lowest BCUT2D eigenvalue weighted by atomic mass is 10.2. The Balaban J connectivity index is 1.90. The summed E-state index contributed by atoms with van der Waals surface area (Å²) in [6, 6.07) is 0. The molecule has 2 rings (SSSR count). The van der Waals surface area contributed by atoms with Crippen LogP contribution in [0.15, 0.2) is 4.99 Å². The third-order valence-corrected chi connectivity index (χ3v) is 2.66. The lowest BCUT2D eigenvalue weighted by Gasteiger charge is -2.32. The highest BCUT2D eigenvalue weighted by Gasteiger charge is 2.28. The molecule has 1 N–H and O–H groups in total. The summed E-state index contributed by atoms with van der Waals surface area (Å²) in [5, 5.41) is 2.75. The molecule has 0 spiro atoms. The van der Waals surface area contributed by atoms with E-state index in [1.807, 2.05) is 0 Å². The first-order valence-electron chi connectivity index (χ1n) is 5.47. The average molecular weight is 211 g/mol. The van der Waals surface area contributed by atoms with Crippen molar-refractivity contribution in [2.45, 2.75) is 19.4 Å². The van der Waals surface area contributed by atoms with Gasteiger partial charge in [0.25, 0.3) is 0 Å². The van der Waals surface area contributed by atoms with Crippen molar-refractivity contribution >= 4 is 11.7 Å². The fourth-order valence-corrected chi connectivity index (χ4v) is 1.95. The largest absolute Gasteiger partial charge is 0.368 e. The van der Waals surface area contributed by atoms with Crippen molar-refractivity contribution in [3.8, 4) is 0 Å². The Hall–Kier alpha value is -0.940. The number of amides is 1. The average Bonchev–Trinajstić information content (AvgIpc) is 2.66. The fourth-order valence-electron chi connectivity index (χ4n) is 1.95.